The predicted octanol–water partition coefficient (Wildman–Crippen LogP) is 3.46. The van der Waals surface area contributed by atoms with E-state index in [4.69, 9.17) is 15.4 Å². The van der Waals surface area contributed by atoms with Gasteiger partial charge in [-0.25, -0.2) is 17.2 Å². The lowest BCUT2D eigenvalue weighted by Gasteiger charge is -2.12. The molecule has 0 saturated heterocycles. The molecule has 0 unspecified atom stereocenters. The fourth-order valence-corrected chi connectivity index (χ4v) is 2.78. The highest BCUT2D eigenvalue weighted by Crippen LogP contribution is 2.29. The molecule has 0 aromatic heterocycles. The molecule has 2 aromatic rings. The van der Waals surface area contributed by atoms with E-state index < -0.39 is 37.2 Å². The number of hydrogen-bond donors (Lipinski definition) is 1. The van der Waals surface area contributed by atoms with Gasteiger partial charge in [0.25, 0.3) is 15.0 Å². The zero-order valence-electron chi connectivity index (χ0n) is 12.6. The van der Waals surface area contributed by atoms with Gasteiger partial charge in [0.05, 0.1) is 17.6 Å². The van der Waals surface area contributed by atoms with E-state index in [-0.39, 0.29) is 11.3 Å². The number of carbonyl (C=O) groups excluding carboxylic acids is 1. The fraction of sp³-hybridized carbons (Fsp3) is 0.133. The van der Waals surface area contributed by atoms with E-state index in [0.717, 1.165) is 19.2 Å². The van der Waals surface area contributed by atoms with Crippen LogP contribution in [0.25, 0.3) is 0 Å². The number of benzene rings is 2. The van der Waals surface area contributed by atoms with Gasteiger partial charge in [0, 0.05) is 16.4 Å². The van der Waals surface area contributed by atoms with Gasteiger partial charge >= 0.3 is 0 Å². The molecule has 128 valence electrons. The van der Waals surface area contributed by atoms with Crippen LogP contribution in [0.5, 0.6) is 5.75 Å². The molecule has 0 saturated carbocycles. The Hall–Kier alpha value is -2.19. The van der Waals surface area contributed by atoms with E-state index >= 15 is 0 Å². The van der Waals surface area contributed by atoms with Gasteiger partial charge in [-0.2, -0.15) is 0 Å². The zero-order chi connectivity index (χ0) is 18.1. The minimum absolute atomic E-state index is 0.250. The van der Waals surface area contributed by atoms with Gasteiger partial charge < -0.3 is 10.1 Å². The quantitative estimate of drug-likeness (QED) is 0.830. The summed E-state index contributed by atoms with van der Waals surface area (Å²) in [6, 6.07) is 5.39. The molecule has 0 fully saturated rings. The lowest BCUT2D eigenvalue weighted by atomic mass is 10.1. The van der Waals surface area contributed by atoms with Crippen LogP contribution in [0.15, 0.2) is 35.2 Å². The number of ether oxygens (including phenoxy) is 1. The van der Waals surface area contributed by atoms with Crippen LogP contribution in [0.2, 0.25) is 0 Å². The highest BCUT2D eigenvalue weighted by molar-refractivity contribution is 8.13. The Bertz CT molecular complexity index is 916. The van der Waals surface area contributed by atoms with E-state index in [1.807, 2.05) is 0 Å². The number of methoxy groups -OCH3 is 1. The first kappa shape index (κ1) is 18.2. The first-order valence-corrected chi connectivity index (χ1v) is 8.84. The Morgan fingerprint density at radius 1 is 1.17 bits per heavy atom. The van der Waals surface area contributed by atoms with Gasteiger partial charge in [-0.15, -0.1) is 0 Å². The molecule has 24 heavy (non-hydrogen) atoms. The highest BCUT2D eigenvalue weighted by Gasteiger charge is 2.22. The summed E-state index contributed by atoms with van der Waals surface area (Å²) in [4.78, 5) is 11.8. The standard InChI is InChI=1S/C15H12ClF2NO4S/c1-8-5-9(3-4-12(8)17)19-15(20)11-6-10(24(16,21)22)7-13(18)14(11)23-2/h3-7H,1-2H3,(H,19,20). The third-order valence-electron chi connectivity index (χ3n) is 3.16. The van der Waals surface area contributed by atoms with Gasteiger partial charge in [0.2, 0.25) is 0 Å². The fourth-order valence-electron chi connectivity index (χ4n) is 2.01. The Labute approximate surface area is 141 Å². The van der Waals surface area contributed by atoms with E-state index in [1.54, 1.807) is 0 Å². The molecule has 0 spiro atoms. The van der Waals surface area contributed by atoms with E-state index in [2.05, 4.69) is 5.32 Å². The number of amides is 1. The zero-order valence-corrected chi connectivity index (χ0v) is 14.1. The normalized spacial score (nSPS) is 11.2. The van der Waals surface area contributed by atoms with Crippen molar-refractivity contribution < 1.29 is 26.7 Å². The van der Waals surface area contributed by atoms with Crippen molar-refractivity contribution in [2.24, 2.45) is 0 Å². The molecule has 2 rings (SSSR count). The minimum Gasteiger partial charge on any atom is -0.493 e. The average molecular weight is 376 g/mol. The van der Waals surface area contributed by atoms with Crippen molar-refractivity contribution in [3.8, 4) is 5.75 Å². The summed E-state index contributed by atoms with van der Waals surface area (Å²) in [5.41, 5.74) is 0.183. The molecular weight excluding hydrogens is 364 g/mol. The van der Waals surface area contributed by atoms with Crippen LogP contribution in [0.4, 0.5) is 14.5 Å². The van der Waals surface area contributed by atoms with Crippen LogP contribution in [0.3, 0.4) is 0 Å². The van der Waals surface area contributed by atoms with Crippen molar-refractivity contribution in [2.45, 2.75) is 11.8 Å². The minimum atomic E-state index is -4.24. The molecule has 0 aliphatic rings. The van der Waals surface area contributed by atoms with E-state index in [0.29, 0.717) is 11.6 Å². The molecule has 5 nitrogen and oxygen atoms in total. The largest absolute Gasteiger partial charge is 0.493 e. The molecule has 9 heteroatoms. The Morgan fingerprint density at radius 2 is 1.83 bits per heavy atom. The van der Waals surface area contributed by atoms with Crippen molar-refractivity contribution in [1.82, 2.24) is 0 Å². The summed E-state index contributed by atoms with van der Waals surface area (Å²) in [6.45, 7) is 1.51. The first-order chi connectivity index (χ1) is 11.1. The van der Waals surface area contributed by atoms with Gasteiger partial charge in [0.15, 0.2) is 11.6 Å². The smallest absolute Gasteiger partial charge is 0.261 e. The summed E-state index contributed by atoms with van der Waals surface area (Å²) in [5.74, 6) is -2.78. The summed E-state index contributed by atoms with van der Waals surface area (Å²) in [6.07, 6.45) is 0. The number of hydrogen-bond acceptors (Lipinski definition) is 4. The van der Waals surface area contributed by atoms with Gasteiger partial charge in [-0.1, -0.05) is 0 Å². The second-order valence-corrected chi connectivity index (χ2v) is 7.41. The molecule has 0 atom stereocenters. The van der Waals surface area contributed by atoms with Crippen molar-refractivity contribution in [3.63, 3.8) is 0 Å². The maximum atomic E-state index is 14.0. The Balaban J connectivity index is 2.47. The molecule has 0 radical (unpaired) electrons. The second-order valence-electron chi connectivity index (χ2n) is 4.84. The molecule has 1 amide bonds. The van der Waals surface area contributed by atoms with Gasteiger partial charge in [-0.3, -0.25) is 4.79 Å². The van der Waals surface area contributed by atoms with Crippen LogP contribution in [-0.2, 0) is 9.05 Å². The summed E-state index contributed by atoms with van der Waals surface area (Å²) < 4.78 is 54.8. The van der Waals surface area contributed by atoms with Crippen LogP contribution in [0, 0.1) is 18.6 Å². The van der Waals surface area contributed by atoms with Crippen LogP contribution >= 0.6 is 10.7 Å². The SMILES string of the molecule is COc1c(F)cc(S(=O)(=O)Cl)cc1C(=O)Nc1ccc(F)c(C)c1. The molecule has 0 heterocycles. The van der Waals surface area contributed by atoms with Gasteiger partial charge in [-0.05, 0) is 42.8 Å². The van der Waals surface area contributed by atoms with E-state index in [1.165, 1.54) is 19.1 Å². The highest BCUT2D eigenvalue weighted by atomic mass is 35.7. The third-order valence-corrected chi connectivity index (χ3v) is 4.50. The molecule has 0 bridgehead atoms. The Morgan fingerprint density at radius 3 is 2.38 bits per heavy atom. The number of aryl methyl sites for hydroxylation is 1. The number of anilines is 1. The maximum Gasteiger partial charge on any atom is 0.261 e. The molecule has 0 aliphatic heterocycles. The number of halogens is 3. The number of nitrogens with one attached hydrogen (secondary N) is 1. The Kier molecular flexibility index (Phi) is 5.10. The second kappa shape index (κ2) is 6.74. The summed E-state index contributed by atoms with van der Waals surface area (Å²) in [5, 5.41) is 2.42. The lowest BCUT2D eigenvalue weighted by Crippen LogP contribution is -2.15. The average Bonchev–Trinajstić information content (AvgIpc) is 2.49. The van der Waals surface area contributed by atoms with Crippen molar-refractivity contribution in [3.05, 3.63) is 53.1 Å². The van der Waals surface area contributed by atoms with Crippen LogP contribution < -0.4 is 10.1 Å². The molecular formula is C15H12ClF2NO4S. The van der Waals surface area contributed by atoms with Crippen LogP contribution in [-0.4, -0.2) is 21.4 Å². The summed E-state index contributed by atoms with van der Waals surface area (Å²) in [7, 11) is 2.08. The topological polar surface area (TPSA) is 72.5 Å². The van der Waals surface area contributed by atoms with Crippen LogP contribution in [0.1, 0.15) is 15.9 Å². The third kappa shape index (κ3) is 3.82. The molecule has 1 N–H and O–H groups in total. The molecule has 2 aromatic carbocycles. The monoisotopic (exact) mass is 375 g/mol. The number of rotatable bonds is 4. The van der Waals surface area contributed by atoms with E-state index in [9.17, 15) is 22.0 Å². The van der Waals surface area contributed by atoms with Crippen molar-refractivity contribution >= 4 is 31.3 Å². The number of carbonyl (C=O) groups is 1. The molecule has 0 aliphatic carbocycles. The maximum absolute atomic E-state index is 14.0. The lowest BCUT2D eigenvalue weighted by molar-refractivity contribution is 0.102. The van der Waals surface area contributed by atoms with Crippen molar-refractivity contribution in [1.29, 1.82) is 0 Å². The predicted molar refractivity (Wildman–Crippen MR) is 85.1 cm³/mol. The van der Waals surface area contributed by atoms with Crippen molar-refractivity contribution in [2.75, 3.05) is 12.4 Å². The summed E-state index contributed by atoms with van der Waals surface area (Å²) >= 11 is 0. The first-order valence-electron chi connectivity index (χ1n) is 6.53. The van der Waals surface area contributed by atoms with Gasteiger partial charge in [0.1, 0.15) is 5.82 Å².